The summed E-state index contributed by atoms with van der Waals surface area (Å²) in [5, 5.41) is 0. The lowest BCUT2D eigenvalue weighted by atomic mass is 10.2. The van der Waals surface area contributed by atoms with Gasteiger partial charge >= 0.3 is 0 Å². The van der Waals surface area contributed by atoms with Crippen LogP contribution in [0.3, 0.4) is 0 Å². The Labute approximate surface area is 114 Å². The summed E-state index contributed by atoms with van der Waals surface area (Å²) in [5.41, 5.74) is 1.91. The molecule has 0 saturated carbocycles. The molecular weight excluding hydrogens is 242 g/mol. The van der Waals surface area contributed by atoms with Gasteiger partial charge in [0.15, 0.2) is 0 Å². The van der Waals surface area contributed by atoms with Gasteiger partial charge in [-0.3, -0.25) is 4.79 Å². The zero-order valence-corrected chi connectivity index (χ0v) is 12.2. The van der Waals surface area contributed by atoms with E-state index < -0.39 is 0 Å². The minimum atomic E-state index is 0.0523. The molecule has 3 heteroatoms. The van der Waals surface area contributed by atoms with E-state index in [2.05, 4.69) is 44.7 Å². The van der Waals surface area contributed by atoms with Crippen LogP contribution in [-0.2, 0) is 4.79 Å². The molecule has 0 aliphatic rings. The predicted molar refractivity (Wildman–Crippen MR) is 79.0 cm³/mol. The highest BCUT2D eigenvalue weighted by atomic mass is 32.2. The molecule has 1 amide bonds. The maximum atomic E-state index is 11.9. The van der Waals surface area contributed by atoms with Crippen LogP contribution >= 0.6 is 11.8 Å². The highest BCUT2D eigenvalue weighted by Crippen LogP contribution is 2.21. The van der Waals surface area contributed by atoms with Crippen molar-refractivity contribution in [3.63, 3.8) is 0 Å². The number of benzene rings is 1. The SMILES string of the molecule is C=C(CSc1ccc(C)cc1)C(=O)N(C)CCC. The average Bonchev–Trinajstić information content (AvgIpc) is 2.37. The molecule has 2 nitrogen and oxygen atoms in total. The zero-order chi connectivity index (χ0) is 13.5. The fourth-order valence-corrected chi connectivity index (χ4v) is 2.37. The van der Waals surface area contributed by atoms with E-state index in [1.807, 2.05) is 7.05 Å². The van der Waals surface area contributed by atoms with Gasteiger partial charge in [0, 0.05) is 29.8 Å². The Morgan fingerprint density at radius 3 is 2.50 bits per heavy atom. The summed E-state index contributed by atoms with van der Waals surface area (Å²) in [6, 6.07) is 8.31. The average molecular weight is 263 g/mol. The highest BCUT2D eigenvalue weighted by Gasteiger charge is 2.11. The Bertz CT molecular complexity index is 411. The standard InChI is InChI=1S/C15H21NOS/c1-5-10-16(4)15(17)13(3)11-18-14-8-6-12(2)7-9-14/h6-9H,3,5,10-11H2,1-2,4H3. The van der Waals surface area contributed by atoms with Crippen LogP contribution in [0.4, 0.5) is 0 Å². The molecule has 1 aromatic carbocycles. The number of aryl methyl sites for hydroxylation is 1. The second-order valence-electron chi connectivity index (χ2n) is 4.43. The molecule has 0 bridgehead atoms. The molecule has 0 unspecified atom stereocenters. The van der Waals surface area contributed by atoms with Crippen molar-refractivity contribution < 1.29 is 4.79 Å². The fourth-order valence-electron chi connectivity index (χ4n) is 1.57. The van der Waals surface area contributed by atoms with E-state index in [1.165, 1.54) is 10.5 Å². The Morgan fingerprint density at radius 2 is 1.94 bits per heavy atom. The summed E-state index contributed by atoms with van der Waals surface area (Å²) < 4.78 is 0. The van der Waals surface area contributed by atoms with Gasteiger partial charge in [0.2, 0.25) is 5.91 Å². The normalized spacial score (nSPS) is 10.2. The molecule has 1 aromatic rings. The summed E-state index contributed by atoms with van der Waals surface area (Å²) in [5.74, 6) is 0.701. The Hall–Kier alpha value is -1.22. The molecule has 0 aliphatic heterocycles. The number of amides is 1. The predicted octanol–water partition coefficient (Wildman–Crippen LogP) is 3.51. The Morgan fingerprint density at radius 1 is 1.33 bits per heavy atom. The largest absolute Gasteiger partial charge is 0.342 e. The van der Waals surface area contributed by atoms with Crippen LogP contribution in [0.15, 0.2) is 41.3 Å². The topological polar surface area (TPSA) is 20.3 Å². The number of nitrogens with zero attached hydrogens (tertiary/aromatic N) is 1. The van der Waals surface area contributed by atoms with Gasteiger partial charge in [-0.25, -0.2) is 0 Å². The molecule has 0 spiro atoms. The van der Waals surface area contributed by atoms with E-state index >= 15 is 0 Å². The Kier molecular flexibility index (Phi) is 5.99. The molecule has 98 valence electrons. The van der Waals surface area contributed by atoms with Crippen LogP contribution in [0.5, 0.6) is 0 Å². The van der Waals surface area contributed by atoms with Crippen LogP contribution < -0.4 is 0 Å². The molecule has 0 aliphatic carbocycles. The van der Waals surface area contributed by atoms with Crippen LogP contribution in [0.2, 0.25) is 0 Å². The Balaban J connectivity index is 2.45. The second-order valence-corrected chi connectivity index (χ2v) is 5.48. The molecule has 0 fully saturated rings. The van der Waals surface area contributed by atoms with E-state index in [4.69, 9.17) is 0 Å². The van der Waals surface area contributed by atoms with Gasteiger partial charge in [-0.15, -0.1) is 11.8 Å². The van der Waals surface area contributed by atoms with Crippen molar-refractivity contribution in [1.29, 1.82) is 0 Å². The number of rotatable bonds is 6. The van der Waals surface area contributed by atoms with Crippen LogP contribution in [-0.4, -0.2) is 30.2 Å². The first-order valence-electron chi connectivity index (χ1n) is 6.17. The van der Waals surface area contributed by atoms with Crippen LogP contribution in [0.25, 0.3) is 0 Å². The van der Waals surface area contributed by atoms with Gasteiger partial charge in [-0.2, -0.15) is 0 Å². The number of hydrogen-bond acceptors (Lipinski definition) is 2. The number of thioether (sulfide) groups is 1. The third-order valence-corrected chi connectivity index (χ3v) is 3.74. The number of likely N-dealkylation sites (N-methyl/N-ethyl adjacent to an activating group) is 1. The van der Waals surface area contributed by atoms with Crippen LogP contribution in [0, 0.1) is 6.92 Å². The van der Waals surface area contributed by atoms with Gasteiger partial charge in [0.25, 0.3) is 0 Å². The molecule has 18 heavy (non-hydrogen) atoms. The zero-order valence-electron chi connectivity index (χ0n) is 11.4. The first-order chi connectivity index (χ1) is 8.54. The summed E-state index contributed by atoms with van der Waals surface area (Å²) in [4.78, 5) is 14.8. The van der Waals surface area contributed by atoms with Crippen molar-refractivity contribution >= 4 is 17.7 Å². The van der Waals surface area contributed by atoms with E-state index in [-0.39, 0.29) is 5.91 Å². The molecule has 0 aromatic heterocycles. The molecule has 0 N–H and O–H groups in total. The van der Waals surface area contributed by atoms with E-state index in [0.717, 1.165) is 13.0 Å². The number of hydrogen-bond donors (Lipinski definition) is 0. The second kappa shape index (κ2) is 7.27. The highest BCUT2D eigenvalue weighted by molar-refractivity contribution is 7.99. The fraction of sp³-hybridized carbons (Fsp3) is 0.400. The summed E-state index contributed by atoms with van der Waals surface area (Å²) >= 11 is 1.65. The van der Waals surface area contributed by atoms with Gasteiger partial charge in [0.05, 0.1) is 0 Å². The minimum Gasteiger partial charge on any atom is -0.342 e. The quantitative estimate of drug-likeness (QED) is 0.578. The van der Waals surface area contributed by atoms with Crippen molar-refractivity contribution in [1.82, 2.24) is 4.90 Å². The molecule has 0 atom stereocenters. The molecule has 0 heterocycles. The minimum absolute atomic E-state index is 0.0523. The molecule has 0 saturated heterocycles. The third kappa shape index (κ3) is 4.57. The van der Waals surface area contributed by atoms with Crippen molar-refractivity contribution in [2.24, 2.45) is 0 Å². The number of carbonyl (C=O) groups excluding carboxylic acids is 1. The maximum absolute atomic E-state index is 11.9. The van der Waals surface area contributed by atoms with Gasteiger partial charge in [-0.05, 0) is 25.5 Å². The van der Waals surface area contributed by atoms with Crippen LogP contribution in [0.1, 0.15) is 18.9 Å². The van der Waals surface area contributed by atoms with E-state index in [1.54, 1.807) is 16.7 Å². The van der Waals surface area contributed by atoms with E-state index in [0.29, 0.717) is 11.3 Å². The van der Waals surface area contributed by atoms with Gasteiger partial charge in [0.1, 0.15) is 0 Å². The first kappa shape index (κ1) is 14.8. The summed E-state index contributed by atoms with van der Waals surface area (Å²) in [6.07, 6.45) is 0.973. The van der Waals surface area contributed by atoms with Gasteiger partial charge < -0.3 is 4.90 Å². The lowest BCUT2D eigenvalue weighted by Crippen LogP contribution is -2.29. The molecule has 0 radical (unpaired) electrons. The first-order valence-corrected chi connectivity index (χ1v) is 7.16. The van der Waals surface area contributed by atoms with Crippen molar-refractivity contribution in [2.75, 3.05) is 19.3 Å². The third-order valence-electron chi connectivity index (χ3n) is 2.64. The monoisotopic (exact) mass is 263 g/mol. The smallest absolute Gasteiger partial charge is 0.249 e. The number of carbonyl (C=O) groups is 1. The maximum Gasteiger partial charge on any atom is 0.249 e. The van der Waals surface area contributed by atoms with Crippen molar-refractivity contribution in [3.05, 3.63) is 42.0 Å². The van der Waals surface area contributed by atoms with E-state index in [9.17, 15) is 4.79 Å². The lowest BCUT2D eigenvalue weighted by Gasteiger charge is -2.17. The van der Waals surface area contributed by atoms with Gasteiger partial charge in [-0.1, -0.05) is 31.2 Å². The summed E-state index contributed by atoms with van der Waals surface area (Å²) in [7, 11) is 1.83. The summed E-state index contributed by atoms with van der Waals surface area (Å²) in [6.45, 7) is 8.79. The van der Waals surface area contributed by atoms with Crippen molar-refractivity contribution in [2.45, 2.75) is 25.2 Å². The van der Waals surface area contributed by atoms with Crippen molar-refractivity contribution in [3.8, 4) is 0 Å². The molecular formula is C15H21NOS. The lowest BCUT2D eigenvalue weighted by molar-refractivity contribution is -0.125. The molecule has 1 rings (SSSR count).